The van der Waals surface area contributed by atoms with Crippen LogP contribution in [0.25, 0.3) is 0 Å². The molecule has 1 atom stereocenters. The van der Waals surface area contributed by atoms with Gasteiger partial charge in [-0.25, -0.2) is 0 Å². The summed E-state index contributed by atoms with van der Waals surface area (Å²) in [4.78, 5) is 0. The zero-order valence-corrected chi connectivity index (χ0v) is 8.96. The topological polar surface area (TPSA) is 49.8 Å². The minimum Gasteiger partial charge on any atom is -0.323 e. The van der Waals surface area contributed by atoms with Gasteiger partial charge in [0.05, 0.1) is 12.5 Å². The van der Waals surface area contributed by atoms with Crippen molar-refractivity contribution in [2.24, 2.45) is 5.73 Å². The Labute approximate surface area is 85.4 Å². The highest BCUT2D eigenvalue weighted by Gasteiger charge is 2.09. The van der Waals surface area contributed by atoms with E-state index in [4.69, 9.17) is 11.0 Å². The first-order valence-electron chi connectivity index (χ1n) is 4.76. The smallest absolute Gasteiger partial charge is 0.0641 e. The second-order valence-electron chi connectivity index (χ2n) is 3.76. The van der Waals surface area contributed by atoms with Gasteiger partial charge in [0.1, 0.15) is 0 Å². The summed E-state index contributed by atoms with van der Waals surface area (Å²) in [7, 11) is 0. The number of hydrogen-bond acceptors (Lipinski definition) is 2. The monoisotopic (exact) mass is 188 g/mol. The highest BCUT2D eigenvalue weighted by atomic mass is 14.6. The first-order chi connectivity index (χ1) is 6.56. The van der Waals surface area contributed by atoms with Gasteiger partial charge in [0.2, 0.25) is 0 Å². The highest BCUT2D eigenvalue weighted by Crippen LogP contribution is 2.21. The molecule has 2 nitrogen and oxygen atoms in total. The summed E-state index contributed by atoms with van der Waals surface area (Å²) in [6.07, 6.45) is 0.378. The maximum Gasteiger partial charge on any atom is 0.0641 e. The quantitative estimate of drug-likeness (QED) is 0.775. The Bertz CT molecular complexity index is 375. The molecule has 0 bridgehead atoms. The molecule has 0 spiro atoms. The Morgan fingerprint density at radius 2 is 1.79 bits per heavy atom. The molecule has 0 amide bonds. The van der Waals surface area contributed by atoms with Gasteiger partial charge in [0, 0.05) is 6.04 Å². The predicted octanol–water partition coefficient (Wildman–Crippen LogP) is 2.53. The second-order valence-corrected chi connectivity index (χ2v) is 3.76. The van der Waals surface area contributed by atoms with E-state index in [0.29, 0.717) is 6.42 Å². The van der Waals surface area contributed by atoms with Crippen molar-refractivity contribution in [3.63, 3.8) is 0 Å². The Morgan fingerprint density at radius 1 is 1.21 bits per heavy atom. The standard InChI is InChI=1S/C12H16N2/c1-8-6-10(3)11(7-9(8)2)12(14)4-5-13/h6-7,12H,4,14H2,1-3H3. The molecule has 1 rings (SSSR count). The van der Waals surface area contributed by atoms with E-state index in [0.717, 1.165) is 5.56 Å². The van der Waals surface area contributed by atoms with E-state index in [9.17, 15) is 0 Å². The van der Waals surface area contributed by atoms with Crippen LogP contribution in [0.2, 0.25) is 0 Å². The minimum atomic E-state index is -0.153. The van der Waals surface area contributed by atoms with Crippen molar-refractivity contribution in [1.29, 1.82) is 5.26 Å². The van der Waals surface area contributed by atoms with Crippen LogP contribution in [0, 0.1) is 32.1 Å². The molecule has 1 aromatic carbocycles. The predicted molar refractivity (Wildman–Crippen MR) is 57.8 cm³/mol. The van der Waals surface area contributed by atoms with Crippen molar-refractivity contribution >= 4 is 0 Å². The number of aryl methyl sites for hydroxylation is 3. The maximum absolute atomic E-state index is 8.58. The molecule has 2 heteroatoms. The molecule has 0 aromatic heterocycles. The van der Waals surface area contributed by atoms with E-state index < -0.39 is 0 Å². The summed E-state index contributed by atoms with van der Waals surface area (Å²) >= 11 is 0. The molecular weight excluding hydrogens is 172 g/mol. The third-order valence-corrected chi connectivity index (χ3v) is 2.59. The van der Waals surface area contributed by atoms with E-state index in [1.165, 1.54) is 16.7 Å². The zero-order valence-electron chi connectivity index (χ0n) is 8.96. The van der Waals surface area contributed by atoms with Crippen molar-refractivity contribution in [3.8, 4) is 6.07 Å². The lowest BCUT2D eigenvalue weighted by atomic mass is 9.95. The zero-order chi connectivity index (χ0) is 10.7. The van der Waals surface area contributed by atoms with Crippen LogP contribution < -0.4 is 5.73 Å². The molecule has 0 fully saturated rings. The lowest BCUT2D eigenvalue weighted by Gasteiger charge is -2.14. The average Bonchev–Trinajstić information content (AvgIpc) is 2.11. The van der Waals surface area contributed by atoms with Crippen LogP contribution in [0.15, 0.2) is 12.1 Å². The summed E-state index contributed by atoms with van der Waals surface area (Å²) in [5.74, 6) is 0. The number of benzene rings is 1. The van der Waals surface area contributed by atoms with E-state index >= 15 is 0 Å². The fourth-order valence-electron chi connectivity index (χ4n) is 1.59. The molecule has 2 N–H and O–H groups in total. The van der Waals surface area contributed by atoms with Crippen molar-refractivity contribution < 1.29 is 0 Å². The van der Waals surface area contributed by atoms with Crippen LogP contribution in [0.4, 0.5) is 0 Å². The van der Waals surface area contributed by atoms with Gasteiger partial charge in [0.25, 0.3) is 0 Å². The largest absolute Gasteiger partial charge is 0.323 e. The molecule has 1 unspecified atom stereocenters. The van der Waals surface area contributed by atoms with Crippen molar-refractivity contribution in [2.45, 2.75) is 33.2 Å². The third kappa shape index (κ3) is 2.12. The molecule has 14 heavy (non-hydrogen) atoms. The fourth-order valence-corrected chi connectivity index (χ4v) is 1.59. The first kappa shape index (κ1) is 10.7. The lowest BCUT2D eigenvalue weighted by molar-refractivity contribution is 0.741. The molecule has 0 aliphatic rings. The summed E-state index contributed by atoms with van der Waals surface area (Å²) in [6, 6.07) is 6.17. The third-order valence-electron chi connectivity index (χ3n) is 2.59. The van der Waals surface area contributed by atoms with E-state index in [1.54, 1.807) is 0 Å². The number of rotatable bonds is 2. The van der Waals surface area contributed by atoms with Crippen LogP contribution in [-0.2, 0) is 0 Å². The van der Waals surface area contributed by atoms with Crippen LogP contribution in [-0.4, -0.2) is 0 Å². The van der Waals surface area contributed by atoms with Crippen LogP contribution in [0.3, 0.4) is 0 Å². The van der Waals surface area contributed by atoms with E-state index in [-0.39, 0.29) is 6.04 Å². The van der Waals surface area contributed by atoms with Crippen LogP contribution in [0.5, 0.6) is 0 Å². The van der Waals surface area contributed by atoms with Crippen molar-refractivity contribution in [3.05, 3.63) is 34.4 Å². The van der Waals surface area contributed by atoms with Gasteiger partial charge in [-0.15, -0.1) is 0 Å². The summed E-state index contributed by atoms with van der Waals surface area (Å²) in [5.41, 5.74) is 10.7. The normalized spacial score (nSPS) is 12.2. The Morgan fingerprint density at radius 3 is 2.36 bits per heavy atom. The van der Waals surface area contributed by atoms with Gasteiger partial charge < -0.3 is 5.73 Å². The van der Waals surface area contributed by atoms with Gasteiger partial charge in [-0.1, -0.05) is 12.1 Å². The van der Waals surface area contributed by atoms with Gasteiger partial charge in [-0.05, 0) is 43.0 Å². The molecule has 0 aliphatic carbocycles. The first-order valence-corrected chi connectivity index (χ1v) is 4.76. The van der Waals surface area contributed by atoms with Crippen LogP contribution in [0.1, 0.15) is 34.7 Å². The highest BCUT2D eigenvalue weighted by molar-refractivity contribution is 5.38. The van der Waals surface area contributed by atoms with Crippen LogP contribution >= 0.6 is 0 Å². The molecule has 0 aliphatic heterocycles. The van der Waals surface area contributed by atoms with Gasteiger partial charge in [0.15, 0.2) is 0 Å². The maximum atomic E-state index is 8.58. The SMILES string of the molecule is Cc1cc(C)c(C(N)CC#N)cc1C. The molecule has 74 valence electrons. The number of nitriles is 1. The van der Waals surface area contributed by atoms with Crippen molar-refractivity contribution in [1.82, 2.24) is 0 Å². The van der Waals surface area contributed by atoms with Gasteiger partial charge in [-0.3, -0.25) is 0 Å². The number of hydrogen-bond donors (Lipinski definition) is 1. The van der Waals surface area contributed by atoms with E-state index in [1.807, 2.05) is 6.92 Å². The molecular formula is C12H16N2. The Hall–Kier alpha value is -1.33. The Balaban J connectivity index is 3.10. The second kappa shape index (κ2) is 4.26. The number of nitrogens with two attached hydrogens (primary N) is 1. The lowest BCUT2D eigenvalue weighted by Crippen LogP contribution is -2.11. The molecule has 0 heterocycles. The van der Waals surface area contributed by atoms with Gasteiger partial charge >= 0.3 is 0 Å². The average molecular weight is 188 g/mol. The van der Waals surface area contributed by atoms with E-state index in [2.05, 4.69) is 32.0 Å². The summed E-state index contributed by atoms with van der Waals surface area (Å²) in [6.45, 7) is 6.19. The van der Waals surface area contributed by atoms with Crippen molar-refractivity contribution in [2.75, 3.05) is 0 Å². The van der Waals surface area contributed by atoms with Gasteiger partial charge in [-0.2, -0.15) is 5.26 Å². The Kier molecular flexibility index (Phi) is 3.27. The minimum absolute atomic E-state index is 0.153. The summed E-state index contributed by atoms with van der Waals surface area (Å²) in [5, 5.41) is 8.58. The summed E-state index contributed by atoms with van der Waals surface area (Å²) < 4.78 is 0. The molecule has 0 radical (unpaired) electrons. The number of nitrogens with zero attached hydrogens (tertiary/aromatic N) is 1. The molecule has 0 saturated carbocycles. The fraction of sp³-hybridized carbons (Fsp3) is 0.417. The molecule has 1 aromatic rings. The molecule has 0 saturated heterocycles.